The number of ketones is 1. The lowest BCUT2D eigenvalue weighted by Gasteiger charge is -2.26. The molecule has 6 nitrogen and oxygen atoms in total. The summed E-state index contributed by atoms with van der Waals surface area (Å²) in [6.07, 6.45) is 3.14. The number of amides is 1. The molecule has 1 aromatic heterocycles. The second-order valence-corrected chi connectivity index (χ2v) is 6.58. The first-order chi connectivity index (χ1) is 12.9. The Labute approximate surface area is 156 Å². The normalized spacial score (nSPS) is 19.1. The van der Waals surface area contributed by atoms with Gasteiger partial charge in [0.1, 0.15) is 11.6 Å². The molecule has 0 saturated carbocycles. The van der Waals surface area contributed by atoms with Crippen LogP contribution in [-0.2, 0) is 9.59 Å². The number of pyridine rings is 1. The number of carbonyl (C=O) groups is 2. The van der Waals surface area contributed by atoms with E-state index in [1.807, 2.05) is 19.0 Å². The van der Waals surface area contributed by atoms with Crippen molar-refractivity contribution in [1.29, 1.82) is 0 Å². The molecule has 1 fully saturated rings. The van der Waals surface area contributed by atoms with Gasteiger partial charge in [0.25, 0.3) is 11.7 Å². The quantitative estimate of drug-likeness (QED) is 0.497. The molecule has 0 unspecified atom stereocenters. The van der Waals surface area contributed by atoms with Gasteiger partial charge in [-0.1, -0.05) is 0 Å². The third kappa shape index (κ3) is 3.73. The molecule has 2 heterocycles. The summed E-state index contributed by atoms with van der Waals surface area (Å²) in [7, 11) is 3.74. The summed E-state index contributed by atoms with van der Waals surface area (Å²) in [5, 5.41) is 10.8. The number of rotatable bonds is 5. The molecule has 0 bridgehead atoms. The van der Waals surface area contributed by atoms with Crippen LogP contribution in [0.4, 0.5) is 4.39 Å². The molecule has 140 valence electrons. The first kappa shape index (κ1) is 18.7. The number of aliphatic hydroxyl groups is 1. The van der Waals surface area contributed by atoms with Crippen LogP contribution in [-0.4, -0.2) is 58.8 Å². The molecule has 1 aromatic carbocycles. The van der Waals surface area contributed by atoms with Gasteiger partial charge in [0.15, 0.2) is 0 Å². The van der Waals surface area contributed by atoms with E-state index in [0.717, 1.165) is 0 Å². The topological polar surface area (TPSA) is 73.7 Å². The van der Waals surface area contributed by atoms with Crippen molar-refractivity contribution in [3.05, 3.63) is 71.3 Å². The summed E-state index contributed by atoms with van der Waals surface area (Å²) in [4.78, 5) is 32.7. The van der Waals surface area contributed by atoms with Gasteiger partial charge < -0.3 is 14.9 Å². The number of hydrogen-bond acceptors (Lipinski definition) is 5. The van der Waals surface area contributed by atoms with E-state index in [2.05, 4.69) is 4.98 Å². The number of likely N-dealkylation sites (N-methyl/N-ethyl adjacent to an activating group) is 1. The molecule has 27 heavy (non-hydrogen) atoms. The van der Waals surface area contributed by atoms with Gasteiger partial charge in [-0.05, 0) is 56.1 Å². The summed E-state index contributed by atoms with van der Waals surface area (Å²) < 4.78 is 13.2. The average molecular weight is 369 g/mol. The van der Waals surface area contributed by atoms with Crippen molar-refractivity contribution in [2.75, 3.05) is 27.2 Å². The number of hydrogen-bond donors (Lipinski definition) is 1. The van der Waals surface area contributed by atoms with E-state index in [4.69, 9.17) is 0 Å². The number of aromatic nitrogens is 1. The third-order valence-electron chi connectivity index (χ3n) is 4.47. The highest BCUT2D eigenvalue weighted by atomic mass is 19.1. The molecule has 1 aliphatic heterocycles. The SMILES string of the molecule is CN(C)CCN1C(=O)C(=O)/C(=C(/O)c2ccc(F)cc2)[C@@H]1c1ccncc1. The Morgan fingerprint density at radius 3 is 2.37 bits per heavy atom. The Morgan fingerprint density at radius 2 is 1.78 bits per heavy atom. The lowest BCUT2D eigenvalue weighted by molar-refractivity contribution is -0.140. The van der Waals surface area contributed by atoms with Crippen molar-refractivity contribution >= 4 is 17.4 Å². The molecule has 0 spiro atoms. The Kier molecular flexibility index (Phi) is 5.32. The van der Waals surface area contributed by atoms with E-state index in [-0.39, 0.29) is 16.9 Å². The van der Waals surface area contributed by atoms with E-state index in [0.29, 0.717) is 18.7 Å². The van der Waals surface area contributed by atoms with Crippen LogP contribution in [0.2, 0.25) is 0 Å². The second-order valence-electron chi connectivity index (χ2n) is 6.58. The maximum absolute atomic E-state index is 13.2. The molecule has 2 aromatic rings. The fraction of sp³-hybridized carbons (Fsp3) is 0.250. The minimum absolute atomic E-state index is 0.00318. The average Bonchev–Trinajstić information content (AvgIpc) is 2.91. The maximum atomic E-state index is 13.2. The zero-order chi connectivity index (χ0) is 19.6. The third-order valence-corrected chi connectivity index (χ3v) is 4.47. The van der Waals surface area contributed by atoms with E-state index < -0.39 is 23.5 Å². The van der Waals surface area contributed by atoms with Gasteiger partial charge in [-0.3, -0.25) is 14.6 Å². The lowest BCUT2D eigenvalue weighted by atomic mass is 9.96. The lowest BCUT2D eigenvalue weighted by Crippen LogP contribution is -2.35. The first-order valence-corrected chi connectivity index (χ1v) is 8.49. The van der Waals surface area contributed by atoms with Crippen LogP contribution in [0.3, 0.4) is 0 Å². The van der Waals surface area contributed by atoms with Gasteiger partial charge in [0.2, 0.25) is 0 Å². The minimum atomic E-state index is -0.752. The molecule has 0 aliphatic carbocycles. The predicted molar refractivity (Wildman–Crippen MR) is 98.2 cm³/mol. The van der Waals surface area contributed by atoms with Gasteiger partial charge in [0.05, 0.1) is 11.6 Å². The van der Waals surface area contributed by atoms with E-state index in [9.17, 15) is 19.1 Å². The van der Waals surface area contributed by atoms with Crippen LogP contribution in [0.1, 0.15) is 17.2 Å². The molecular weight excluding hydrogens is 349 g/mol. The number of benzene rings is 1. The number of carbonyl (C=O) groups excluding carboxylic acids is 2. The van der Waals surface area contributed by atoms with Gasteiger partial charge in [0, 0.05) is 31.0 Å². The molecule has 3 rings (SSSR count). The highest BCUT2D eigenvalue weighted by Crippen LogP contribution is 2.38. The van der Waals surface area contributed by atoms with E-state index >= 15 is 0 Å². The molecule has 1 saturated heterocycles. The van der Waals surface area contributed by atoms with Gasteiger partial charge in [-0.2, -0.15) is 0 Å². The van der Waals surface area contributed by atoms with Crippen LogP contribution in [0, 0.1) is 5.82 Å². The monoisotopic (exact) mass is 369 g/mol. The first-order valence-electron chi connectivity index (χ1n) is 8.49. The Morgan fingerprint density at radius 1 is 1.15 bits per heavy atom. The number of aliphatic hydroxyl groups excluding tert-OH is 1. The molecule has 1 atom stereocenters. The number of halogens is 1. The highest BCUT2D eigenvalue weighted by molar-refractivity contribution is 6.46. The van der Waals surface area contributed by atoms with Crippen molar-refractivity contribution in [2.45, 2.75) is 6.04 Å². The van der Waals surface area contributed by atoms with Gasteiger partial charge >= 0.3 is 0 Å². The molecule has 7 heteroatoms. The standard InChI is InChI=1S/C20H20FN3O3/c1-23(2)11-12-24-17(13-7-9-22-10-8-13)16(19(26)20(24)27)18(25)14-3-5-15(21)6-4-14/h3-10,17,25H,11-12H2,1-2H3/b18-16+/t17-/m0/s1. The largest absolute Gasteiger partial charge is 0.507 e. The summed E-state index contributed by atoms with van der Waals surface area (Å²) in [6.45, 7) is 0.885. The van der Waals surface area contributed by atoms with Crippen molar-refractivity contribution < 1.29 is 19.1 Å². The Balaban J connectivity index is 2.12. The zero-order valence-electron chi connectivity index (χ0n) is 15.1. The molecule has 0 radical (unpaired) electrons. The Hall–Kier alpha value is -3.06. The number of Topliss-reactive ketones (excluding diaryl/α,β-unsaturated/α-hetero) is 1. The second kappa shape index (κ2) is 7.67. The predicted octanol–water partition coefficient (Wildman–Crippen LogP) is 2.20. The van der Waals surface area contributed by atoms with Crippen LogP contribution >= 0.6 is 0 Å². The van der Waals surface area contributed by atoms with E-state index in [1.54, 1.807) is 24.5 Å². The van der Waals surface area contributed by atoms with Gasteiger partial charge in [-0.15, -0.1) is 0 Å². The van der Waals surface area contributed by atoms with Crippen molar-refractivity contribution in [3.8, 4) is 0 Å². The minimum Gasteiger partial charge on any atom is -0.507 e. The smallest absolute Gasteiger partial charge is 0.295 e. The summed E-state index contributed by atoms with van der Waals surface area (Å²) in [5.41, 5.74) is 0.948. The summed E-state index contributed by atoms with van der Waals surface area (Å²) in [5.74, 6) is -2.19. The van der Waals surface area contributed by atoms with Crippen LogP contribution in [0.5, 0.6) is 0 Å². The van der Waals surface area contributed by atoms with E-state index in [1.165, 1.54) is 29.2 Å². The van der Waals surface area contributed by atoms with Crippen LogP contribution in [0.25, 0.3) is 5.76 Å². The highest BCUT2D eigenvalue weighted by Gasteiger charge is 2.45. The molecule has 1 N–H and O–H groups in total. The zero-order valence-corrected chi connectivity index (χ0v) is 15.1. The fourth-order valence-corrected chi connectivity index (χ4v) is 3.07. The van der Waals surface area contributed by atoms with Crippen LogP contribution in [0.15, 0.2) is 54.4 Å². The fourth-order valence-electron chi connectivity index (χ4n) is 3.07. The van der Waals surface area contributed by atoms with Crippen molar-refractivity contribution in [1.82, 2.24) is 14.8 Å². The van der Waals surface area contributed by atoms with Crippen molar-refractivity contribution in [2.24, 2.45) is 0 Å². The van der Waals surface area contributed by atoms with Gasteiger partial charge in [-0.25, -0.2) is 4.39 Å². The molecular formula is C20H20FN3O3. The van der Waals surface area contributed by atoms with Crippen molar-refractivity contribution in [3.63, 3.8) is 0 Å². The number of likely N-dealkylation sites (tertiary alicyclic amines) is 1. The summed E-state index contributed by atoms with van der Waals surface area (Å²) >= 11 is 0. The maximum Gasteiger partial charge on any atom is 0.295 e. The summed E-state index contributed by atoms with van der Waals surface area (Å²) in [6, 6.07) is 7.83. The molecule has 1 amide bonds. The Bertz CT molecular complexity index is 879. The van der Waals surface area contributed by atoms with Crippen LogP contribution < -0.4 is 0 Å². The number of nitrogens with zero attached hydrogens (tertiary/aromatic N) is 3. The molecule has 1 aliphatic rings.